The molecule has 1 amide bonds. The minimum absolute atomic E-state index is 0.123. The number of hydrogen-bond donors (Lipinski definition) is 0. The highest BCUT2D eigenvalue weighted by molar-refractivity contribution is 6.29. The number of ether oxygens (including phenoxy) is 3. The van der Waals surface area contributed by atoms with Gasteiger partial charge in [-0.3, -0.25) is 4.79 Å². The van der Waals surface area contributed by atoms with Gasteiger partial charge in [0, 0.05) is 17.3 Å². The molecule has 0 saturated heterocycles. The van der Waals surface area contributed by atoms with E-state index in [-0.39, 0.29) is 18.6 Å². The highest BCUT2D eigenvalue weighted by atomic mass is 35.5. The fourth-order valence-corrected chi connectivity index (χ4v) is 2.88. The third-order valence-corrected chi connectivity index (χ3v) is 4.84. The van der Waals surface area contributed by atoms with Crippen LogP contribution in [-0.4, -0.2) is 25.2 Å². The van der Waals surface area contributed by atoms with Crippen LogP contribution in [0.5, 0.6) is 17.2 Å². The predicted molar refractivity (Wildman–Crippen MR) is 110 cm³/mol. The topological polar surface area (TPSA) is 48.0 Å². The second-order valence-electron chi connectivity index (χ2n) is 6.86. The number of anilines is 1. The molecule has 0 fully saturated rings. The quantitative estimate of drug-likeness (QED) is 0.472. The first kappa shape index (κ1) is 20.1. The third-order valence-electron chi connectivity index (χ3n) is 4.61. The summed E-state index contributed by atoms with van der Waals surface area (Å²) in [6, 6.07) is 13.1. The SMILES string of the molecule is C=C(COc1ccccc1CN(C(=O)CCl)c1ccc2c(c1)OCO2)C(C)C. The largest absolute Gasteiger partial charge is 0.489 e. The fraction of sp³-hybridized carbons (Fsp3) is 0.318. The van der Waals surface area contributed by atoms with Crippen molar-refractivity contribution in [1.82, 2.24) is 0 Å². The van der Waals surface area contributed by atoms with E-state index in [9.17, 15) is 4.79 Å². The van der Waals surface area contributed by atoms with Crippen molar-refractivity contribution < 1.29 is 19.0 Å². The number of alkyl halides is 1. The molecule has 0 radical (unpaired) electrons. The second kappa shape index (κ2) is 9.02. The van der Waals surface area contributed by atoms with Gasteiger partial charge in [-0.05, 0) is 29.7 Å². The first-order valence-corrected chi connectivity index (χ1v) is 9.67. The molecule has 0 N–H and O–H groups in total. The zero-order valence-corrected chi connectivity index (χ0v) is 16.9. The van der Waals surface area contributed by atoms with Gasteiger partial charge in [0.05, 0.1) is 6.54 Å². The maximum atomic E-state index is 12.6. The maximum Gasteiger partial charge on any atom is 0.242 e. The summed E-state index contributed by atoms with van der Waals surface area (Å²) in [6.45, 7) is 9.15. The normalized spacial score (nSPS) is 12.1. The lowest BCUT2D eigenvalue weighted by atomic mass is 10.1. The van der Waals surface area contributed by atoms with Crippen LogP contribution >= 0.6 is 11.6 Å². The smallest absolute Gasteiger partial charge is 0.242 e. The van der Waals surface area contributed by atoms with E-state index in [1.54, 1.807) is 17.0 Å². The fourth-order valence-electron chi connectivity index (χ4n) is 2.73. The Kier molecular flexibility index (Phi) is 6.47. The van der Waals surface area contributed by atoms with E-state index in [4.69, 9.17) is 25.8 Å². The van der Waals surface area contributed by atoms with Crippen molar-refractivity contribution in [2.24, 2.45) is 5.92 Å². The molecule has 0 unspecified atom stereocenters. The number of rotatable bonds is 8. The van der Waals surface area contributed by atoms with Gasteiger partial charge in [-0.1, -0.05) is 38.6 Å². The standard InChI is InChI=1S/C22H24ClNO4/c1-15(2)16(3)13-26-19-7-5-4-6-17(19)12-24(22(25)11-23)18-8-9-20-21(10-18)28-14-27-20/h4-10,15H,3,11-14H2,1-2H3. The summed E-state index contributed by atoms with van der Waals surface area (Å²) >= 11 is 5.87. The molecular formula is C22H24ClNO4. The van der Waals surface area contributed by atoms with Gasteiger partial charge in [-0.2, -0.15) is 0 Å². The van der Waals surface area contributed by atoms with E-state index in [1.807, 2.05) is 30.3 Å². The summed E-state index contributed by atoms with van der Waals surface area (Å²) in [6.07, 6.45) is 0. The number of fused-ring (bicyclic) bond motifs is 1. The van der Waals surface area contributed by atoms with E-state index in [0.717, 1.165) is 16.9 Å². The van der Waals surface area contributed by atoms with Crippen molar-refractivity contribution in [1.29, 1.82) is 0 Å². The molecule has 1 aliphatic rings. The summed E-state index contributed by atoms with van der Waals surface area (Å²) < 4.78 is 16.8. The number of benzene rings is 2. The van der Waals surface area contributed by atoms with Crippen LogP contribution in [-0.2, 0) is 11.3 Å². The Balaban J connectivity index is 1.84. The zero-order chi connectivity index (χ0) is 20.1. The van der Waals surface area contributed by atoms with Crippen molar-refractivity contribution in [3.8, 4) is 17.2 Å². The Morgan fingerprint density at radius 3 is 2.71 bits per heavy atom. The van der Waals surface area contributed by atoms with E-state index >= 15 is 0 Å². The predicted octanol–water partition coefficient (Wildman–Crippen LogP) is 4.78. The molecule has 6 heteroatoms. The van der Waals surface area contributed by atoms with Crippen molar-refractivity contribution in [3.05, 3.63) is 60.2 Å². The van der Waals surface area contributed by atoms with Gasteiger partial charge in [0.2, 0.25) is 12.7 Å². The highest BCUT2D eigenvalue weighted by Gasteiger charge is 2.21. The van der Waals surface area contributed by atoms with Crippen molar-refractivity contribution in [3.63, 3.8) is 0 Å². The minimum atomic E-state index is -0.207. The monoisotopic (exact) mass is 401 g/mol. The number of halogens is 1. The molecule has 0 bridgehead atoms. The Hall–Kier alpha value is -2.66. The lowest BCUT2D eigenvalue weighted by molar-refractivity contribution is -0.116. The number of para-hydroxylation sites is 1. The Bertz CT molecular complexity index is 865. The highest BCUT2D eigenvalue weighted by Crippen LogP contribution is 2.36. The summed E-state index contributed by atoms with van der Waals surface area (Å²) in [5, 5.41) is 0. The van der Waals surface area contributed by atoms with Crippen LogP contribution in [0.2, 0.25) is 0 Å². The zero-order valence-electron chi connectivity index (χ0n) is 16.1. The first-order chi connectivity index (χ1) is 13.5. The molecule has 2 aromatic rings. The maximum absolute atomic E-state index is 12.6. The molecule has 0 atom stereocenters. The summed E-state index contributed by atoms with van der Waals surface area (Å²) in [7, 11) is 0. The molecule has 28 heavy (non-hydrogen) atoms. The lowest BCUT2D eigenvalue weighted by Crippen LogP contribution is -2.31. The van der Waals surface area contributed by atoms with Crippen LogP contribution in [0, 0.1) is 5.92 Å². The van der Waals surface area contributed by atoms with Gasteiger partial charge >= 0.3 is 0 Å². The van der Waals surface area contributed by atoms with E-state index in [0.29, 0.717) is 36.3 Å². The van der Waals surface area contributed by atoms with Crippen molar-refractivity contribution >= 4 is 23.2 Å². The average Bonchev–Trinajstić information content (AvgIpc) is 3.18. The van der Waals surface area contributed by atoms with Crippen LogP contribution in [0.15, 0.2) is 54.6 Å². The summed E-state index contributed by atoms with van der Waals surface area (Å²) in [4.78, 5) is 14.2. The molecule has 0 aromatic heterocycles. The number of nitrogens with zero attached hydrogens (tertiary/aromatic N) is 1. The van der Waals surface area contributed by atoms with Gasteiger partial charge in [0.15, 0.2) is 11.5 Å². The van der Waals surface area contributed by atoms with Crippen molar-refractivity contribution in [2.75, 3.05) is 24.2 Å². The minimum Gasteiger partial charge on any atom is -0.489 e. The van der Waals surface area contributed by atoms with Crippen LogP contribution in [0.3, 0.4) is 0 Å². The average molecular weight is 402 g/mol. The Labute approximate surface area is 170 Å². The molecule has 3 rings (SSSR count). The van der Waals surface area contributed by atoms with E-state index in [2.05, 4.69) is 20.4 Å². The lowest BCUT2D eigenvalue weighted by Gasteiger charge is -2.24. The molecular weight excluding hydrogens is 378 g/mol. The first-order valence-electron chi connectivity index (χ1n) is 9.14. The molecule has 5 nitrogen and oxygen atoms in total. The number of amides is 1. The summed E-state index contributed by atoms with van der Waals surface area (Å²) in [5.74, 6) is 2.01. The van der Waals surface area contributed by atoms with Gasteiger partial charge in [0.25, 0.3) is 0 Å². The molecule has 0 aliphatic carbocycles. The van der Waals surface area contributed by atoms with Crippen LogP contribution in [0.4, 0.5) is 5.69 Å². The Morgan fingerprint density at radius 1 is 1.21 bits per heavy atom. The van der Waals surface area contributed by atoms with Gasteiger partial charge in [-0.25, -0.2) is 0 Å². The summed E-state index contributed by atoms with van der Waals surface area (Å²) in [5.41, 5.74) is 2.59. The van der Waals surface area contributed by atoms with Gasteiger partial charge in [-0.15, -0.1) is 11.6 Å². The van der Waals surface area contributed by atoms with Crippen molar-refractivity contribution in [2.45, 2.75) is 20.4 Å². The number of hydrogen-bond acceptors (Lipinski definition) is 4. The Morgan fingerprint density at radius 2 is 1.96 bits per heavy atom. The van der Waals surface area contributed by atoms with Crippen LogP contribution in [0.25, 0.3) is 0 Å². The number of carbonyl (C=O) groups is 1. The third kappa shape index (κ3) is 4.60. The molecule has 0 saturated carbocycles. The molecule has 2 aromatic carbocycles. The second-order valence-corrected chi connectivity index (χ2v) is 7.13. The van der Waals surface area contributed by atoms with E-state index < -0.39 is 0 Å². The molecule has 1 heterocycles. The van der Waals surface area contributed by atoms with Gasteiger partial charge in [0.1, 0.15) is 18.2 Å². The van der Waals surface area contributed by atoms with E-state index in [1.165, 1.54) is 0 Å². The molecule has 0 spiro atoms. The van der Waals surface area contributed by atoms with Crippen LogP contribution < -0.4 is 19.1 Å². The number of carbonyl (C=O) groups excluding carboxylic acids is 1. The van der Waals surface area contributed by atoms with Crippen LogP contribution in [0.1, 0.15) is 19.4 Å². The molecule has 1 aliphatic heterocycles. The van der Waals surface area contributed by atoms with Gasteiger partial charge < -0.3 is 19.1 Å². The molecule has 148 valence electrons.